The number of rotatable bonds is 3. The summed E-state index contributed by atoms with van der Waals surface area (Å²) in [7, 11) is 0. The fourth-order valence-electron chi connectivity index (χ4n) is 2.55. The standard InChI is InChI=1S/C15H15NO7/c1-9(17)21-11-7-13(16(18)19)22-12-8-20-15(23-14(11)12)10-5-3-2-4-6-10/h2-7,11-12,14-15H,8H2,1H3/t11-,12-,14+,15-/m1/s1. The summed E-state index contributed by atoms with van der Waals surface area (Å²) < 4.78 is 21.8. The fraction of sp³-hybridized carbons (Fsp3) is 0.400. The fourth-order valence-corrected chi connectivity index (χ4v) is 2.55. The van der Waals surface area contributed by atoms with Gasteiger partial charge < -0.3 is 18.9 Å². The highest BCUT2D eigenvalue weighted by Gasteiger charge is 2.46. The summed E-state index contributed by atoms with van der Waals surface area (Å²) in [5, 5.41) is 10.9. The van der Waals surface area contributed by atoms with Crippen LogP contribution in [-0.4, -0.2) is 35.8 Å². The lowest BCUT2D eigenvalue weighted by molar-refractivity contribution is -0.477. The molecule has 8 heteroatoms. The Hall–Kier alpha value is -2.45. The van der Waals surface area contributed by atoms with Crippen LogP contribution < -0.4 is 0 Å². The summed E-state index contributed by atoms with van der Waals surface area (Å²) in [6.45, 7) is 1.32. The predicted molar refractivity (Wildman–Crippen MR) is 75.5 cm³/mol. The maximum atomic E-state index is 11.3. The molecule has 0 aliphatic carbocycles. The minimum Gasteiger partial charge on any atom is -0.455 e. The van der Waals surface area contributed by atoms with Crippen LogP contribution in [0.5, 0.6) is 0 Å². The molecular weight excluding hydrogens is 306 g/mol. The second kappa shape index (κ2) is 6.35. The molecular formula is C15H15NO7. The zero-order valence-electron chi connectivity index (χ0n) is 12.3. The molecule has 1 aromatic rings. The molecule has 122 valence electrons. The summed E-state index contributed by atoms with van der Waals surface area (Å²) in [5.74, 6) is -1.02. The van der Waals surface area contributed by atoms with E-state index < -0.39 is 41.4 Å². The van der Waals surface area contributed by atoms with Crippen molar-refractivity contribution < 1.29 is 28.7 Å². The molecule has 0 aromatic heterocycles. The van der Waals surface area contributed by atoms with Gasteiger partial charge in [0, 0.05) is 12.5 Å². The number of hydrogen-bond donors (Lipinski definition) is 0. The van der Waals surface area contributed by atoms with Crippen molar-refractivity contribution >= 4 is 5.97 Å². The molecule has 1 saturated heterocycles. The van der Waals surface area contributed by atoms with Crippen LogP contribution in [0.1, 0.15) is 18.8 Å². The van der Waals surface area contributed by atoms with E-state index in [1.807, 2.05) is 30.3 Å². The Morgan fingerprint density at radius 3 is 2.74 bits per heavy atom. The average Bonchev–Trinajstić information content (AvgIpc) is 2.54. The number of nitro groups is 1. The lowest BCUT2D eigenvalue weighted by Gasteiger charge is -2.40. The second-order valence-corrected chi connectivity index (χ2v) is 5.17. The van der Waals surface area contributed by atoms with E-state index in [2.05, 4.69) is 0 Å². The van der Waals surface area contributed by atoms with Crippen molar-refractivity contribution in [3.63, 3.8) is 0 Å². The number of hydrogen-bond acceptors (Lipinski definition) is 7. The SMILES string of the molecule is CC(=O)O[C@@H]1C=C([N+](=O)[O-])O[C@@H]2CO[C@@H](c3ccccc3)O[C@@H]12. The first-order valence-corrected chi connectivity index (χ1v) is 7.06. The van der Waals surface area contributed by atoms with E-state index in [9.17, 15) is 14.9 Å². The molecule has 2 aliphatic rings. The lowest BCUT2D eigenvalue weighted by Crippen LogP contribution is -2.52. The molecule has 2 heterocycles. The summed E-state index contributed by atoms with van der Waals surface area (Å²) in [4.78, 5) is 21.5. The monoisotopic (exact) mass is 321 g/mol. The van der Waals surface area contributed by atoms with Crippen LogP contribution in [-0.2, 0) is 23.7 Å². The predicted octanol–water partition coefficient (Wildman–Crippen LogP) is 1.55. The van der Waals surface area contributed by atoms with Crippen molar-refractivity contribution in [2.45, 2.75) is 31.5 Å². The zero-order chi connectivity index (χ0) is 16.4. The Morgan fingerprint density at radius 1 is 1.35 bits per heavy atom. The molecule has 0 spiro atoms. The summed E-state index contributed by atoms with van der Waals surface area (Å²) in [5.41, 5.74) is 0.802. The number of benzene rings is 1. The van der Waals surface area contributed by atoms with Gasteiger partial charge in [0.1, 0.15) is 11.0 Å². The van der Waals surface area contributed by atoms with Gasteiger partial charge in [0.05, 0.1) is 12.7 Å². The number of fused-ring (bicyclic) bond motifs is 1. The van der Waals surface area contributed by atoms with Gasteiger partial charge in [-0.2, -0.15) is 0 Å². The second-order valence-electron chi connectivity index (χ2n) is 5.17. The minimum atomic E-state index is -0.901. The van der Waals surface area contributed by atoms with E-state index in [0.717, 1.165) is 11.6 Å². The average molecular weight is 321 g/mol. The zero-order valence-corrected chi connectivity index (χ0v) is 12.3. The third-order valence-electron chi connectivity index (χ3n) is 3.52. The normalized spacial score (nSPS) is 29.7. The van der Waals surface area contributed by atoms with Crippen molar-refractivity contribution in [3.8, 4) is 0 Å². The topological polar surface area (TPSA) is 97.1 Å². The Labute approximate surface area is 131 Å². The van der Waals surface area contributed by atoms with Gasteiger partial charge in [-0.05, 0) is 0 Å². The van der Waals surface area contributed by atoms with Crippen LogP contribution >= 0.6 is 0 Å². The van der Waals surface area contributed by atoms with Crippen LogP contribution in [0.25, 0.3) is 0 Å². The van der Waals surface area contributed by atoms with Crippen LogP contribution in [0.15, 0.2) is 42.3 Å². The highest BCUT2D eigenvalue weighted by molar-refractivity contribution is 5.66. The number of carbonyl (C=O) groups is 1. The minimum absolute atomic E-state index is 0.0904. The van der Waals surface area contributed by atoms with Gasteiger partial charge in [-0.1, -0.05) is 30.3 Å². The molecule has 1 aromatic carbocycles. The first kappa shape index (κ1) is 15.4. The maximum Gasteiger partial charge on any atom is 0.428 e. The highest BCUT2D eigenvalue weighted by atomic mass is 16.7. The van der Waals surface area contributed by atoms with Gasteiger partial charge in [-0.15, -0.1) is 0 Å². The van der Waals surface area contributed by atoms with Crippen molar-refractivity contribution in [2.24, 2.45) is 0 Å². The lowest BCUT2D eigenvalue weighted by atomic mass is 10.0. The molecule has 8 nitrogen and oxygen atoms in total. The Morgan fingerprint density at radius 2 is 2.09 bits per heavy atom. The third kappa shape index (κ3) is 3.33. The molecule has 0 unspecified atom stereocenters. The largest absolute Gasteiger partial charge is 0.455 e. The van der Waals surface area contributed by atoms with Crippen LogP contribution in [0.2, 0.25) is 0 Å². The summed E-state index contributed by atoms with van der Waals surface area (Å²) in [6, 6.07) is 9.24. The first-order chi connectivity index (χ1) is 11.0. The van der Waals surface area contributed by atoms with Crippen LogP contribution in [0, 0.1) is 10.1 Å². The molecule has 3 rings (SSSR count). The van der Waals surface area contributed by atoms with E-state index in [0.29, 0.717) is 0 Å². The molecule has 1 fully saturated rings. The Bertz CT molecular complexity index is 630. The molecule has 0 radical (unpaired) electrons. The molecule has 0 amide bonds. The molecule has 4 atom stereocenters. The van der Waals surface area contributed by atoms with E-state index in [1.54, 1.807) is 0 Å². The van der Waals surface area contributed by atoms with Gasteiger partial charge in [-0.3, -0.25) is 14.9 Å². The van der Waals surface area contributed by atoms with Crippen LogP contribution in [0.4, 0.5) is 0 Å². The summed E-state index contributed by atoms with van der Waals surface area (Å²) >= 11 is 0. The molecule has 23 heavy (non-hydrogen) atoms. The molecule has 2 aliphatic heterocycles. The van der Waals surface area contributed by atoms with E-state index >= 15 is 0 Å². The van der Waals surface area contributed by atoms with E-state index in [-0.39, 0.29) is 6.61 Å². The number of nitrogens with zero attached hydrogens (tertiary/aromatic N) is 1. The Balaban J connectivity index is 1.83. The smallest absolute Gasteiger partial charge is 0.428 e. The third-order valence-corrected chi connectivity index (χ3v) is 3.52. The van der Waals surface area contributed by atoms with Gasteiger partial charge >= 0.3 is 11.9 Å². The highest BCUT2D eigenvalue weighted by Crippen LogP contribution is 2.34. The van der Waals surface area contributed by atoms with Crippen molar-refractivity contribution in [1.82, 2.24) is 0 Å². The number of ether oxygens (including phenoxy) is 4. The molecule has 0 bridgehead atoms. The van der Waals surface area contributed by atoms with Crippen molar-refractivity contribution in [3.05, 3.63) is 58.0 Å². The quantitative estimate of drug-likeness (QED) is 0.473. The number of carbonyl (C=O) groups excluding carboxylic acids is 1. The Kier molecular flexibility index (Phi) is 4.26. The number of esters is 1. The van der Waals surface area contributed by atoms with E-state index in [4.69, 9.17) is 18.9 Å². The van der Waals surface area contributed by atoms with Gasteiger partial charge in [0.15, 0.2) is 18.5 Å². The van der Waals surface area contributed by atoms with Gasteiger partial charge in [0.25, 0.3) is 0 Å². The van der Waals surface area contributed by atoms with E-state index in [1.165, 1.54) is 6.92 Å². The van der Waals surface area contributed by atoms with Crippen LogP contribution in [0.3, 0.4) is 0 Å². The molecule has 0 N–H and O–H groups in total. The van der Waals surface area contributed by atoms with Crippen molar-refractivity contribution in [2.75, 3.05) is 6.61 Å². The first-order valence-electron chi connectivity index (χ1n) is 7.06. The van der Waals surface area contributed by atoms with Gasteiger partial charge in [-0.25, -0.2) is 0 Å². The maximum absolute atomic E-state index is 11.3. The summed E-state index contributed by atoms with van der Waals surface area (Å²) in [6.07, 6.45) is -1.80. The molecule has 0 saturated carbocycles. The van der Waals surface area contributed by atoms with Crippen molar-refractivity contribution in [1.29, 1.82) is 0 Å². The van der Waals surface area contributed by atoms with Gasteiger partial charge in [0.2, 0.25) is 0 Å².